The Morgan fingerprint density at radius 1 is 1.46 bits per heavy atom. The minimum absolute atomic E-state index is 0.341. The van der Waals surface area contributed by atoms with Crippen LogP contribution in [0.25, 0.3) is 15.7 Å². The van der Waals surface area contributed by atoms with Crippen molar-refractivity contribution in [1.82, 2.24) is 4.98 Å². The molecule has 2 aromatic heterocycles. The van der Waals surface area contributed by atoms with Gasteiger partial charge in [-0.25, -0.2) is 9.37 Å². The number of nitrogens with zero attached hydrogens (tertiary/aromatic N) is 1. The first-order valence-corrected chi connectivity index (χ1v) is 5.37. The van der Waals surface area contributed by atoms with Crippen LogP contribution in [-0.4, -0.2) is 4.98 Å². The standard InChI is InChI=1S/C9H6FNS2/c1-6(10)7-5-13-9(11-7)8-3-2-4-12-8/h2-5H,1H2. The van der Waals surface area contributed by atoms with E-state index in [1.54, 1.807) is 16.7 Å². The number of thiophene rings is 1. The molecule has 13 heavy (non-hydrogen) atoms. The monoisotopic (exact) mass is 211 g/mol. The second-order valence-corrected chi connectivity index (χ2v) is 4.23. The van der Waals surface area contributed by atoms with Gasteiger partial charge in [0.05, 0.1) is 4.88 Å². The molecule has 1 nitrogen and oxygen atoms in total. The highest BCUT2D eigenvalue weighted by atomic mass is 32.1. The van der Waals surface area contributed by atoms with Crippen molar-refractivity contribution < 1.29 is 4.39 Å². The summed E-state index contributed by atoms with van der Waals surface area (Å²) < 4.78 is 12.6. The summed E-state index contributed by atoms with van der Waals surface area (Å²) >= 11 is 3.03. The van der Waals surface area contributed by atoms with Crippen molar-refractivity contribution in [1.29, 1.82) is 0 Å². The molecule has 0 aliphatic carbocycles. The molecular weight excluding hydrogens is 205 g/mol. The zero-order valence-electron chi connectivity index (χ0n) is 6.66. The first-order chi connectivity index (χ1) is 6.27. The van der Waals surface area contributed by atoms with Crippen LogP contribution in [0.2, 0.25) is 0 Å². The van der Waals surface area contributed by atoms with Gasteiger partial charge in [0.15, 0.2) is 0 Å². The predicted octanol–water partition coefficient (Wildman–Crippen LogP) is 3.81. The Morgan fingerprint density at radius 3 is 2.85 bits per heavy atom. The molecular formula is C9H6FNS2. The topological polar surface area (TPSA) is 12.9 Å². The minimum atomic E-state index is -0.473. The lowest BCUT2D eigenvalue weighted by Crippen LogP contribution is -1.75. The third-order valence-corrected chi connectivity index (χ3v) is 3.40. The average Bonchev–Trinajstić information content (AvgIpc) is 2.75. The van der Waals surface area contributed by atoms with Gasteiger partial charge in [-0.15, -0.1) is 22.7 Å². The lowest BCUT2D eigenvalue weighted by Gasteiger charge is -1.87. The quantitative estimate of drug-likeness (QED) is 0.736. The molecule has 0 amide bonds. The molecule has 0 aliphatic rings. The maximum absolute atomic E-state index is 12.6. The van der Waals surface area contributed by atoms with E-state index in [1.165, 1.54) is 11.3 Å². The highest BCUT2D eigenvalue weighted by Gasteiger charge is 2.06. The van der Waals surface area contributed by atoms with Gasteiger partial charge in [-0.1, -0.05) is 12.6 Å². The maximum Gasteiger partial charge on any atom is 0.142 e. The summed E-state index contributed by atoms with van der Waals surface area (Å²) in [7, 11) is 0. The fourth-order valence-electron chi connectivity index (χ4n) is 0.912. The lowest BCUT2D eigenvalue weighted by atomic mass is 10.4. The first kappa shape index (κ1) is 8.59. The van der Waals surface area contributed by atoms with Gasteiger partial charge in [-0.3, -0.25) is 0 Å². The van der Waals surface area contributed by atoms with Crippen molar-refractivity contribution in [3.05, 3.63) is 35.2 Å². The Hall–Kier alpha value is -1.00. The van der Waals surface area contributed by atoms with E-state index in [4.69, 9.17) is 0 Å². The zero-order chi connectivity index (χ0) is 9.26. The first-order valence-electron chi connectivity index (χ1n) is 3.61. The normalized spacial score (nSPS) is 10.2. The van der Waals surface area contributed by atoms with Crippen LogP contribution < -0.4 is 0 Å². The molecule has 0 aliphatic heterocycles. The Labute approximate surface area is 83.2 Å². The summed E-state index contributed by atoms with van der Waals surface area (Å²) in [5, 5.41) is 4.50. The Morgan fingerprint density at radius 2 is 2.31 bits per heavy atom. The largest absolute Gasteiger partial charge is 0.233 e. The third kappa shape index (κ3) is 1.68. The maximum atomic E-state index is 12.6. The van der Waals surface area contributed by atoms with Gasteiger partial charge in [0.25, 0.3) is 0 Å². The van der Waals surface area contributed by atoms with Crippen LogP contribution in [0.15, 0.2) is 29.5 Å². The highest BCUT2D eigenvalue weighted by molar-refractivity contribution is 7.20. The number of hydrogen-bond donors (Lipinski definition) is 0. The molecule has 2 heterocycles. The second-order valence-electron chi connectivity index (χ2n) is 2.42. The summed E-state index contributed by atoms with van der Waals surface area (Å²) in [5.74, 6) is -0.473. The number of rotatable bonds is 2. The van der Waals surface area contributed by atoms with E-state index < -0.39 is 5.83 Å². The van der Waals surface area contributed by atoms with Gasteiger partial charge < -0.3 is 0 Å². The molecule has 0 saturated carbocycles. The molecule has 0 saturated heterocycles. The van der Waals surface area contributed by atoms with Gasteiger partial charge in [0, 0.05) is 5.38 Å². The number of aromatic nitrogens is 1. The van der Waals surface area contributed by atoms with Crippen LogP contribution in [-0.2, 0) is 0 Å². The summed E-state index contributed by atoms with van der Waals surface area (Å²) in [5.41, 5.74) is 0.341. The molecule has 0 radical (unpaired) electrons. The number of thiazole rings is 1. The third-order valence-electron chi connectivity index (χ3n) is 1.51. The fourth-order valence-corrected chi connectivity index (χ4v) is 2.55. The second kappa shape index (κ2) is 3.40. The Balaban J connectivity index is 2.39. The molecule has 2 aromatic rings. The average molecular weight is 211 g/mol. The van der Waals surface area contributed by atoms with Crippen LogP contribution >= 0.6 is 22.7 Å². The van der Waals surface area contributed by atoms with Gasteiger partial charge in [0.1, 0.15) is 16.5 Å². The highest BCUT2D eigenvalue weighted by Crippen LogP contribution is 2.29. The lowest BCUT2D eigenvalue weighted by molar-refractivity contribution is 0.758. The van der Waals surface area contributed by atoms with Crippen molar-refractivity contribution in [2.45, 2.75) is 0 Å². The van der Waals surface area contributed by atoms with Gasteiger partial charge in [-0.2, -0.15) is 0 Å². The Bertz CT molecular complexity index is 417. The van der Waals surface area contributed by atoms with E-state index in [0.717, 1.165) is 9.88 Å². The van der Waals surface area contributed by atoms with Crippen LogP contribution in [0.1, 0.15) is 5.69 Å². The number of hydrogen-bond acceptors (Lipinski definition) is 3. The predicted molar refractivity (Wildman–Crippen MR) is 55.6 cm³/mol. The molecule has 0 aromatic carbocycles. The van der Waals surface area contributed by atoms with Gasteiger partial charge >= 0.3 is 0 Å². The number of halogens is 1. The van der Waals surface area contributed by atoms with Crippen molar-refractivity contribution in [2.75, 3.05) is 0 Å². The molecule has 4 heteroatoms. The van der Waals surface area contributed by atoms with E-state index >= 15 is 0 Å². The molecule has 0 N–H and O–H groups in total. The van der Waals surface area contributed by atoms with Crippen LogP contribution in [0.4, 0.5) is 4.39 Å². The van der Waals surface area contributed by atoms with Crippen LogP contribution in [0.5, 0.6) is 0 Å². The molecule has 0 bridgehead atoms. The van der Waals surface area contributed by atoms with E-state index in [2.05, 4.69) is 11.6 Å². The molecule has 66 valence electrons. The van der Waals surface area contributed by atoms with E-state index in [-0.39, 0.29) is 0 Å². The van der Waals surface area contributed by atoms with Gasteiger partial charge in [0.2, 0.25) is 0 Å². The minimum Gasteiger partial charge on any atom is -0.233 e. The van der Waals surface area contributed by atoms with Crippen molar-refractivity contribution in [3.63, 3.8) is 0 Å². The fraction of sp³-hybridized carbons (Fsp3) is 0. The van der Waals surface area contributed by atoms with Gasteiger partial charge in [-0.05, 0) is 11.4 Å². The van der Waals surface area contributed by atoms with E-state index in [9.17, 15) is 4.39 Å². The van der Waals surface area contributed by atoms with Crippen molar-refractivity contribution >= 4 is 28.5 Å². The molecule has 0 fully saturated rings. The molecule has 0 atom stereocenters. The summed E-state index contributed by atoms with van der Waals surface area (Å²) in [6.45, 7) is 3.20. The van der Waals surface area contributed by atoms with Crippen LogP contribution in [0, 0.1) is 0 Å². The molecule has 2 rings (SSSR count). The summed E-state index contributed by atoms with van der Waals surface area (Å²) in [6, 6.07) is 3.92. The summed E-state index contributed by atoms with van der Waals surface area (Å²) in [4.78, 5) is 5.17. The van der Waals surface area contributed by atoms with Crippen LogP contribution in [0.3, 0.4) is 0 Å². The smallest absolute Gasteiger partial charge is 0.142 e. The van der Waals surface area contributed by atoms with Crippen molar-refractivity contribution in [2.24, 2.45) is 0 Å². The van der Waals surface area contributed by atoms with E-state index in [1.807, 2.05) is 17.5 Å². The summed E-state index contributed by atoms with van der Waals surface area (Å²) in [6.07, 6.45) is 0. The molecule has 0 unspecified atom stereocenters. The van der Waals surface area contributed by atoms with E-state index in [0.29, 0.717) is 5.69 Å². The SMILES string of the molecule is C=C(F)c1csc(-c2cccs2)n1. The zero-order valence-corrected chi connectivity index (χ0v) is 8.29. The van der Waals surface area contributed by atoms with Crippen molar-refractivity contribution in [3.8, 4) is 9.88 Å². The molecule has 0 spiro atoms. The Kier molecular flexibility index (Phi) is 2.24.